The molecular weight excluding hydrogens is 312 g/mol. The van der Waals surface area contributed by atoms with Crippen LogP contribution in [0.4, 0.5) is 0 Å². The van der Waals surface area contributed by atoms with Crippen LogP contribution in [-0.2, 0) is 13.0 Å². The van der Waals surface area contributed by atoms with Crippen LogP contribution in [0, 0.1) is 0 Å². The Morgan fingerprint density at radius 2 is 1.87 bits per heavy atom. The van der Waals surface area contributed by atoms with Crippen LogP contribution in [0.2, 0.25) is 5.02 Å². The predicted octanol–water partition coefficient (Wildman–Crippen LogP) is 2.65. The van der Waals surface area contributed by atoms with Crippen molar-refractivity contribution in [1.82, 2.24) is 15.6 Å². The van der Waals surface area contributed by atoms with Gasteiger partial charge in [0.1, 0.15) is 0 Å². The molecule has 2 aromatic rings. The summed E-state index contributed by atoms with van der Waals surface area (Å²) < 4.78 is 5.04. The van der Waals surface area contributed by atoms with Gasteiger partial charge in [-0.05, 0) is 29.7 Å². The molecule has 0 bridgehead atoms. The van der Waals surface area contributed by atoms with Gasteiger partial charge in [0.05, 0.1) is 7.11 Å². The molecular formula is C17H21ClN4O. The Morgan fingerprint density at radius 1 is 1.13 bits per heavy atom. The third kappa shape index (κ3) is 5.79. The molecule has 0 radical (unpaired) electrons. The van der Waals surface area contributed by atoms with Gasteiger partial charge >= 0.3 is 0 Å². The molecule has 0 amide bonds. The van der Waals surface area contributed by atoms with Crippen LogP contribution >= 0.6 is 11.6 Å². The summed E-state index contributed by atoms with van der Waals surface area (Å²) in [5, 5.41) is 7.30. The van der Waals surface area contributed by atoms with E-state index >= 15 is 0 Å². The quantitative estimate of drug-likeness (QED) is 0.630. The minimum Gasteiger partial charge on any atom is -0.481 e. The number of aliphatic imine (C=N–C) groups is 1. The average molecular weight is 333 g/mol. The number of aromatic nitrogens is 1. The molecule has 2 rings (SSSR count). The van der Waals surface area contributed by atoms with E-state index in [2.05, 4.69) is 20.6 Å². The van der Waals surface area contributed by atoms with Crippen LogP contribution in [0.3, 0.4) is 0 Å². The van der Waals surface area contributed by atoms with Gasteiger partial charge in [0.15, 0.2) is 5.96 Å². The molecule has 0 spiro atoms. The first-order chi connectivity index (χ1) is 11.2. The van der Waals surface area contributed by atoms with Gasteiger partial charge in [-0.25, -0.2) is 4.98 Å². The third-order valence-electron chi connectivity index (χ3n) is 3.31. The van der Waals surface area contributed by atoms with E-state index < -0.39 is 0 Å². The Hall–Kier alpha value is -2.27. The summed E-state index contributed by atoms with van der Waals surface area (Å²) in [4.78, 5) is 8.39. The monoisotopic (exact) mass is 332 g/mol. The van der Waals surface area contributed by atoms with E-state index in [0.717, 1.165) is 29.5 Å². The van der Waals surface area contributed by atoms with Crippen molar-refractivity contribution in [3.05, 3.63) is 58.7 Å². The zero-order chi connectivity index (χ0) is 16.5. The van der Waals surface area contributed by atoms with E-state index in [0.29, 0.717) is 12.4 Å². The van der Waals surface area contributed by atoms with Gasteiger partial charge in [0.25, 0.3) is 0 Å². The smallest absolute Gasteiger partial charge is 0.212 e. The van der Waals surface area contributed by atoms with Gasteiger partial charge < -0.3 is 15.4 Å². The summed E-state index contributed by atoms with van der Waals surface area (Å²) in [5.41, 5.74) is 2.29. The van der Waals surface area contributed by atoms with Crippen molar-refractivity contribution in [3.8, 4) is 5.88 Å². The third-order valence-corrected chi connectivity index (χ3v) is 3.56. The predicted molar refractivity (Wildman–Crippen MR) is 94.1 cm³/mol. The molecule has 0 unspecified atom stereocenters. The molecule has 0 atom stereocenters. The molecule has 0 saturated carbocycles. The summed E-state index contributed by atoms with van der Waals surface area (Å²) >= 11 is 5.88. The van der Waals surface area contributed by atoms with Crippen molar-refractivity contribution < 1.29 is 4.74 Å². The number of nitrogens with one attached hydrogen (secondary N) is 2. The van der Waals surface area contributed by atoms with Crippen LogP contribution in [0.15, 0.2) is 47.6 Å². The highest BCUT2D eigenvalue weighted by molar-refractivity contribution is 6.30. The van der Waals surface area contributed by atoms with Gasteiger partial charge in [-0.2, -0.15) is 0 Å². The van der Waals surface area contributed by atoms with E-state index in [4.69, 9.17) is 16.3 Å². The molecule has 0 saturated heterocycles. The zero-order valence-electron chi connectivity index (χ0n) is 13.3. The summed E-state index contributed by atoms with van der Waals surface area (Å²) in [6.45, 7) is 1.44. The molecule has 5 nitrogen and oxygen atoms in total. The van der Waals surface area contributed by atoms with E-state index in [-0.39, 0.29) is 0 Å². The molecule has 1 aromatic heterocycles. The van der Waals surface area contributed by atoms with E-state index in [9.17, 15) is 0 Å². The number of ether oxygens (including phenoxy) is 1. The second-order valence-electron chi connectivity index (χ2n) is 4.94. The zero-order valence-corrected chi connectivity index (χ0v) is 14.1. The maximum absolute atomic E-state index is 5.88. The van der Waals surface area contributed by atoms with Crippen molar-refractivity contribution in [2.75, 3.05) is 20.7 Å². The van der Waals surface area contributed by atoms with E-state index in [1.54, 1.807) is 20.4 Å². The number of nitrogens with zero attached hydrogens (tertiary/aromatic N) is 2. The maximum Gasteiger partial charge on any atom is 0.212 e. The Kier molecular flexibility index (Phi) is 6.69. The summed E-state index contributed by atoms with van der Waals surface area (Å²) in [7, 11) is 3.36. The van der Waals surface area contributed by atoms with Crippen molar-refractivity contribution in [2.45, 2.75) is 13.0 Å². The first-order valence-electron chi connectivity index (χ1n) is 7.39. The highest BCUT2D eigenvalue weighted by atomic mass is 35.5. The summed E-state index contributed by atoms with van der Waals surface area (Å²) in [6, 6.07) is 11.7. The average Bonchev–Trinajstić information content (AvgIpc) is 2.60. The number of hydrogen-bond donors (Lipinski definition) is 2. The lowest BCUT2D eigenvalue weighted by Gasteiger charge is -2.12. The number of hydrogen-bond acceptors (Lipinski definition) is 3. The molecule has 23 heavy (non-hydrogen) atoms. The number of benzene rings is 1. The second kappa shape index (κ2) is 9.00. The second-order valence-corrected chi connectivity index (χ2v) is 5.37. The van der Waals surface area contributed by atoms with Gasteiger partial charge in [-0.15, -0.1) is 0 Å². The van der Waals surface area contributed by atoms with Crippen molar-refractivity contribution >= 4 is 17.6 Å². The molecule has 0 aliphatic heterocycles. The molecule has 2 N–H and O–H groups in total. The summed E-state index contributed by atoms with van der Waals surface area (Å²) in [5.74, 6) is 1.37. The minimum atomic E-state index is 0.610. The number of methoxy groups -OCH3 is 1. The molecule has 0 aliphatic carbocycles. The van der Waals surface area contributed by atoms with Crippen molar-refractivity contribution in [2.24, 2.45) is 4.99 Å². The number of guanidine groups is 1. The van der Waals surface area contributed by atoms with Crippen LogP contribution in [0.25, 0.3) is 0 Å². The highest BCUT2D eigenvalue weighted by Crippen LogP contribution is 2.09. The van der Waals surface area contributed by atoms with Gasteiger partial charge in [-0.1, -0.05) is 29.8 Å². The Balaban J connectivity index is 1.75. The van der Waals surface area contributed by atoms with Gasteiger partial charge in [0, 0.05) is 37.4 Å². The van der Waals surface area contributed by atoms with E-state index in [1.165, 1.54) is 5.56 Å². The largest absolute Gasteiger partial charge is 0.481 e. The van der Waals surface area contributed by atoms with E-state index in [1.807, 2.05) is 36.4 Å². The Labute approximate surface area is 141 Å². The fraction of sp³-hybridized carbons (Fsp3) is 0.294. The van der Waals surface area contributed by atoms with Gasteiger partial charge in [0.2, 0.25) is 5.88 Å². The van der Waals surface area contributed by atoms with Crippen molar-refractivity contribution in [1.29, 1.82) is 0 Å². The maximum atomic E-state index is 5.88. The van der Waals surface area contributed by atoms with Crippen LogP contribution in [0.5, 0.6) is 5.88 Å². The normalized spacial score (nSPS) is 11.2. The SMILES string of the molecule is CN=C(NCCc1ccc(Cl)cc1)NCc1ccc(OC)nc1. The first kappa shape index (κ1) is 17.1. The molecule has 6 heteroatoms. The standard InChI is InChI=1S/C17H21ClN4O/c1-19-17(20-10-9-13-3-6-15(18)7-4-13)22-12-14-5-8-16(23-2)21-11-14/h3-8,11H,9-10,12H2,1-2H3,(H2,19,20,22). The lowest BCUT2D eigenvalue weighted by atomic mass is 10.1. The molecule has 122 valence electrons. The minimum absolute atomic E-state index is 0.610. The molecule has 0 fully saturated rings. The van der Waals surface area contributed by atoms with Gasteiger partial charge in [-0.3, -0.25) is 4.99 Å². The first-order valence-corrected chi connectivity index (χ1v) is 7.77. The molecule has 1 aromatic carbocycles. The number of rotatable bonds is 6. The van der Waals surface area contributed by atoms with Crippen molar-refractivity contribution in [3.63, 3.8) is 0 Å². The lowest BCUT2D eigenvalue weighted by molar-refractivity contribution is 0.397. The fourth-order valence-electron chi connectivity index (χ4n) is 2.02. The molecule has 1 heterocycles. The number of pyridine rings is 1. The lowest BCUT2D eigenvalue weighted by Crippen LogP contribution is -2.37. The fourth-order valence-corrected chi connectivity index (χ4v) is 2.14. The van der Waals surface area contributed by atoms with Crippen LogP contribution < -0.4 is 15.4 Å². The van der Waals surface area contributed by atoms with Crippen LogP contribution in [0.1, 0.15) is 11.1 Å². The topological polar surface area (TPSA) is 58.5 Å². The number of halogens is 1. The molecule has 0 aliphatic rings. The Bertz CT molecular complexity index is 626. The Morgan fingerprint density at radius 3 is 2.48 bits per heavy atom. The van der Waals surface area contributed by atoms with Crippen LogP contribution in [-0.4, -0.2) is 31.6 Å². The highest BCUT2D eigenvalue weighted by Gasteiger charge is 2.00. The summed E-state index contributed by atoms with van der Waals surface area (Å²) in [6.07, 6.45) is 2.69.